The molecule has 0 rings (SSSR count). The van der Waals surface area contributed by atoms with Gasteiger partial charge in [0.05, 0.1) is 12.0 Å². The van der Waals surface area contributed by atoms with Crippen molar-refractivity contribution >= 4 is 17.5 Å². The van der Waals surface area contributed by atoms with Crippen molar-refractivity contribution in [3.05, 3.63) is 0 Å². The molecule has 11 heavy (non-hydrogen) atoms. The van der Waals surface area contributed by atoms with Gasteiger partial charge in [0.2, 0.25) is 5.91 Å². The Kier molecular flexibility index (Phi) is 6.27. The summed E-state index contributed by atoms with van der Waals surface area (Å²) in [4.78, 5) is 10.4. The Hall–Kier alpha value is -0.280. The predicted octanol–water partition coefficient (Wildman–Crippen LogP) is 0.766. The van der Waals surface area contributed by atoms with Crippen LogP contribution in [0.5, 0.6) is 0 Å². The highest BCUT2D eigenvalue weighted by molar-refractivity contribution is 6.20. The van der Waals surface area contributed by atoms with Crippen molar-refractivity contribution in [2.45, 2.75) is 18.7 Å². The maximum absolute atomic E-state index is 10.4. The van der Waals surface area contributed by atoms with Crippen LogP contribution < -0.4 is 5.32 Å². The molecule has 0 bridgehead atoms. The molecule has 1 atom stereocenters. The van der Waals surface area contributed by atoms with Crippen molar-refractivity contribution in [3.63, 3.8) is 0 Å². The number of amides is 1. The summed E-state index contributed by atoms with van der Waals surface area (Å²) < 4.78 is 4.82. The van der Waals surface area contributed by atoms with Crippen molar-refractivity contribution in [2.75, 3.05) is 20.3 Å². The quantitative estimate of drug-likeness (QED) is 0.634. The van der Waals surface area contributed by atoms with Crippen LogP contribution in [0.3, 0.4) is 0 Å². The molecule has 0 saturated heterocycles. The lowest BCUT2D eigenvalue weighted by Gasteiger charge is -2.07. The largest absolute Gasteiger partial charge is 0.383 e. The molecular formula is C7H14ClNO2. The van der Waals surface area contributed by atoms with Crippen LogP contribution in [0.25, 0.3) is 0 Å². The van der Waals surface area contributed by atoms with E-state index in [1.807, 2.05) is 0 Å². The third kappa shape index (κ3) is 7.62. The Morgan fingerprint density at radius 2 is 2.36 bits per heavy atom. The predicted molar refractivity (Wildman–Crippen MR) is 44.8 cm³/mol. The molecule has 0 aliphatic carbocycles. The molecule has 0 fully saturated rings. The number of hydrogen-bond acceptors (Lipinski definition) is 2. The van der Waals surface area contributed by atoms with E-state index in [1.165, 1.54) is 6.92 Å². The molecule has 1 amide bonds. The van der Waals surface area contributed by atoms with Crippen LogP contribution in [-0.2, 0) is 9.53 Å². The van der Waals surface area contributed by atoms with Crippen LogP contribution in [0, 0.1) is 0 Å². The average molecular weight is 180 g/mol. The number of nitrogens with one attached hydrogen (secondary N) is 1. The molecule has 0 aliphatic heterocycles. The Balaban J connectivity index is 3.16. The van der Waals surface area contributed by atoms with E-state index in [0.29, 0.717) is 13.2 Å². The van der Waals surface area contributed by atoms with E-state index in [2.05, 4.69) is 5.32 Å². The van der Waals surface area contributed by atoms with Crippen molar-refractivity contribution in [1.82, 2.24) is 5.32 Å². The van der Waals surface area contributed by atoms with E-state index >= 15 is 0 Å². The minimum atomic E-state index is -0.0220. The number of ether oxygens (including phenoxy) is 1. The summed E-state index contributed by atoms with van der Waals surface area (Å²) in [5.74, 6) is -0.0220. The van der Waals surface area contributed by atoms with Gasteiger partial charge in [0.15, 0.2) is 0 Å². The molecule has 0 heterocycles. The first-order chi connectivity index (χ1) is 5.16. The number of methoxy groups -OCH3 is 1. The molecule has 66 valence electrons. The van der Waals surface area contributed by atoms with Gasteiger partial charge in [0, 0.05) is 20.6 Å². The van der Waals surface area contributed by atoms with E-state index in [1.54, 1.807) is 7.11 Å². The topological polar surface area (TPSA) is 38.3 Å². The molecule has 1 N–H and O–H groups in total. The average Bonchev–Trinajstić information content (AvgIpc) is 1.87. The Morgan fingerprint density at radius 3 is 2.82 bits per heavy atom. The number of alkyl halides is 1. The molecule has 0 radical (unpaired) electrons. The van der Waals surface area contributed by atoms with Gasteiger partial charge in [-0.15, -0.1) is 11.6 Å². The van der Waals surface area contributed by atoms with E-state index in [4.69, 9.17) is 16.3 Å². The van der Waals surface area contributed by atoms with Gasteiger partial charge >= 0.3 is 0 Å². The van der Waals surface area contributed by atoms with Gasteiger partial charge in [-0.1, -0.05) is 0 Å². The number of carbonyl (C=O) groups excluding carboxylic acids is 1. The summed E-state index contributed by atoms with van der Waals surface area (Å²) in [6, 6.07) is 0. The van der Waals surface area contributed by atoms with Crippen LogP contribution in [0.2, 0.25) is 0 Å². The van der Waals surface area contributed by atoms with Gasteiger partial charge in [0.25, 0.3) is 0 Å². The maximum atomic E-state index is 10.4. The van der Waals surface area contributed by atoms with Gasteiger partial charge in [0.1, 0.15) is 0 Å². The minimum absolute atomic E-state index is 0.00755. The van der Waals surface area contributed by atoms with Gasteiger partial charge in [-0.2, -0.15) is 0 Å². The van der Waals surface area contributed by atoms with Crippen LogP contribution >= 0.6 is 11.6 Å². The number of halogens is 1. The molecule has 1 unspecified atom stereocenters. The number of hydrogen-bond donors (Lipinski definition) is 1. The normalized spacial score (nSPS) is 12.6. The molecule has 0 aromatic carbocycles. The lowest BCUT2D eigenvalue weighted by Crippen LogP contribution is -2.24. The van der Waals surface area contributed by atoms with E-state index < -0.39 is 0 Å². The fraction of sp³-hybridized carbons (Fsp3) is 0.857. The smallest absolute Gasteiger partial charge is 0.216 e. The van der Waals surface area contributed by atoms with Crippen LogP contribution in [0.1, 0.15) is 13.3 Å². The first kappa shape index (κ1) is 10.7. The summed E-state index contributed by atoms with van der Waals surface area (Å²) in [5, 5.41) is 2.65. The van der Waals surface area contributed by atoms with Crippen molar-refractivity contribution in [2.24, 2.45) is 0 Å². The van der Waals surface area contributed by atoms with E-state index in [9.17, 15) is 4.79 Å². The summed E-state index contributed by atoms with van der Waals surface area (Å²) in [6.07, 6.45) is 0.745. The third-order valence-corrected chi connectivity index (χ3v) is 1.52. The van der Waals surface area contributed by atoms with Gasteiger partial charge < -0.3 is 10.1 Å². The number of carbonyl (C=O) groups is 1. The van der Waals surface area contributed by atoms with Crippen molar-refractivity contribution in [1.29, 1.82) is 0 Å². The van der Waals surface area contributed by atoms with E-state index in [-0.39, 0.29) is 11.3 Å². The standard InChI is InChI=1S/C7H14ClNO2/c1-6(10)9-4-3-7(8)5-11-2/h7H,3-5H2,1-2H3,(H,9,10). The summed E-state index contributed by atoms with van der Waals surface area (Å²) in [6.45, 7) is 2.63. The zero-order chi connectivity index (χ0) is 8.69. The second-order valence-corrected chi connectivity index (χ2v) is 2.94. The number of rotatable bonds is 5. The van der Waals surface area contributed by atoms with Gasteiger partial charge in [-0.3, -0.25) is 4.79 Å². The first-order valence-corrected chi connectivity index (χ1v) is 3.98. The van der Waals surface area contributed by atoms with Gasteiger partial charge in [-0.05, 0) is 6.42 Å². The lowest BCUT2D eigenvalue weighted by atomic mass is 10.3. The second kappa shape index (κ2) is 6.43. The van der Waals surface area contributed by atoms with Gasteiger partial charge in [-0.25, -0.2) is 0 Å². The van der Waals surface area contributed by atoms with Crippen LogP contribution in [0.4, 0.5) is 0 Å². The van der Waals surface area contributed by atoms with Crippen LogP contribution in [-0.4, -0.2) is 31.5 Å². The lowest BCUT2D eigenvalue weighted by molar-refractivity contribution is -0.118. The molecule has 0 aromatic heterocycles. The minimum Gasteiger partial charge on any atom is -0.383 e. The highest BCUT2D eigenvalue weighted by Gasteiger charge is 2.02. The Morgan fingerprint density at radius 1 is 1.73 bits per heavy atom. The Bertz CT molecular complexity index is 119. The molecule has 0 spiro atoms. The Labute approximate surface area is 72.1 Å². The third-order valence-electron chi connectivity index (χ3n) is 1.18. The summed E-state index contributed by atoms with van der Waals surface area (Å²) in [5.41, 5.74) is 0. The van der Waals surface area contributed by atoms with E-state index in [0.717, 1.165) is 6.42 Å². The summed E-state index contributed by atoms with van der Waals surface area (Å²) in [7, 11) is 1.60. The fourth-order valence-electron chi connectivity index (χ4n) is 0.669. The zero-order valence-corrected chi connectivity index (χ0v) is 7.65. The fourth-order valence-corrected chi connectivity index (χ4v) is 0.904. The highest BCUT2D eigenvalue weighted by atomic mass is 35.5. The molecule has 0 saturated carbocycles. The molecular weight excluding hydrogens is 166 g/mol. The zero-order valence-electron chi connectivity index (χ0n) is 6.89. The summed E-state index contributed by atoms with van der Waals surface area (Å²) >= 11 is 5.79. The second-order valence-electron chi connectivity index (χ2n) is 2.32. The molecule has 3 nitrogen and oxygen atoms in total. The first-order valence-electron chi connectivity index (χ1n) is 3.54. The maximum Gasteiger partial charge on any atom is 0.216 e. The molecule has 4 heteroatoms. The molecule has 0 aromatic rings. The SMILES string of the molecule is COCC(Cl)CCNC(C)=O. The highest BCUT2D eigenvalue weighted by Crippen LogP contribution is 2.00. The monoisotopic (exact) mass is 179 g/mol. The van der Waals surface area contributed by atoms with Crippen molar-refractivity contribution in [3.8, 4) is 0 Å². The molecule has 0 aliphatic rings. The van der Waals surface area contributed by atoms with Crippen molar-refractivity contribution < 1.29 is 9.53 Å². The van der Waals surface area contributed by atoms with Crippen LogP contribution in [0.15, 0.2) is 0 Å².